The summed E-state index contributed by atoms with van der Waals surface area (Å²) in [6.45, 7) is 7.26. The maximum atomic E-state index is 3.37. The molecule has 1 aromatic carbocycles. The molecule has 0 amide bonds. The zero-order chi connectivity index (χ0) is 8.97. The van der Waals surface area contributed by atoms with Gasteiger partial charge in [-0.05, 0) is 24.5 Å². The summed E-state index contributed by atoms with van der Waals surface area (Å²) >= 11 is 0. The van der Waals surface area contributed by atoms with Crippen LogP contribution in [0.25, 0.3) is 0 Å². The number of hydrogen-bond acceptors (Lipinski definition) is 1. The summed E-state index contributed by atoms with van der Waals surface area (Å²) in [4.78, 5) is 0. The van der Waals surface area contributed by atoms with Crippen LogP contribution >= 0.6 is 0 Å². The fourth-order valence-electron chi connectivity index (χ4n) is 1.51. The maximum absolute atomic E-state index is 3.37. The fraction of sp³-hybridized carbons (Fsp3) is 0.455. The Labute approximate surface area is 74.8 Å². The second-order valence-corrected chi connectivity index (χ2v) is 2.79. The van der Waals surface area contributed by atoms with Gasteiger partial charge in [-0.1, -0.05) is 32.0 Å². The minimum atomic E-state index is 1.11. The van der Waals surface area contributed by atoms with Crippen LogP contribution in [-0.2, 0) is 6.42 Å². The van der Waals surface area contributed by atoms with E-state index in [1.807, 2.05) is 13.8 Å². The molecule has 12 heavy (non-hydrogen) atoms. The third-order valence-corrected chi connectivity index (χ3v) is 2.06. The van der Waals surface area contributed by atoms with Gasteiger partial charge in [0.1, 0.15) is 0 Å². The van der Waals surface area contributed by atoms with E-state index in [1.54, 1.807) is 0 Å². The van der Waals surface area contributed by atoms with Gasteiger partial charge in [0.2, 0.25) is 0 Å². The van der Waals surface area contributed by atoms with Gasteiger partial charge in [-0.15, -0.1) is 0 Å². The Balaban J connectivity index is 0.000000336. The van der Waals surface area contributed by atoms with Gasteiger partial charge in [-0.2, -0.15) is 0 Å². The summed E-state index contributed by atoms with van der Waals surface area (Å²) in [5.74, 6) is 0. The Kier molecular flexibility index (Phi) is 3.15. The summed E-state index contributed by atoms with van der Waals surface area (Å²) < 4.78 is 0. The smallest absolute Gasteiger partial charge is 0.0403 e. The first kappa shape index (κ1) is 9.11. The predicted octanol–water partition coefficient (Wildman–Crippen LogP) is 2.99. The molecule has 0 aliphatic carbocycles. The van der Waals surface area contributed by atoms with E-state index in [2.05, 4.69) is 30.4 Å². The third-order valence-electron chi connectivity index (χ3n) is 2.06. The van der Waals surface area contributed by atoms with Gasteiger partial charge in [0.15, 0.2) is 0 Å². The van der Waals surface area contributed by atoms with Crippen molar-refractivity contribution in [1.82, 2.24) is 0 Å². The Morgan fingerprint density at radius 2 is 2.00 bits per heavy atom. The summed E-state index contributed by atoms with van der Waals surface area (Å²) in [6, 6.07) is 6.47. The van der Waals surface area contributed by atoms with Crippen molar-refractivity contribution in [2.24, 2.45) is 0 Å². The lowest BCUT2D eigenvalue weighted by Gasteiger charge is -2.01. The molecule has 0 saturated heterocycles. The second kappa shape index (κ2) is 4.15. The van der Waals surface area contributed by atoms with Gasteiger partial charge in [-0.3, -0.25) is 0 Å². The molecule has 1 aromatic rings. The normalized spacial score (nSPS) is 12.6. The minimum absolute atomic E-state index is 1.11. The van der Waals surface area contributed by atoms with Crippen LogP contribution in [0.5, 0.6) is 0 Å². The molecule has 0 fully saturated rings. The van der Waals surface area contributed by atoms with Crippen molar-refractivity contribution in [1.29, 1.82) is 0 Å². The zero-order valence-electron chi connectivity index (χ0n) is 8.15. The van der Waals surface area contributed by atoms with E-state index in [9.17, 15) is 0 Å². The molecule has 0 aromatic heterocycles. The second-order valence-electron chi connectivity index (χ2n) is 2.79. The Morgan fingerprint density at radius 3 is 2.67 bits per heavy atom. The van der Waals surface area contributed by atoms with Crippen LogP contribution in [0.15, 0.2) is 18.2 Å². The van der Waals surface area contributed by atoms with E-state index >= 15 is 0 Å². The SMILES string of the molecule is CC.Cc1cccc2c1NCC2. The summed E-state index contributed by atoms with van der Waals surface area (Å²) in [5.41, 5.74) is 4.21. The average Bonchev–Trinajstić information content (AvgIpc) is 2.57. The molecule has 0 unspecified atom stereocenters. The average molecular weight is 163 g/mol. The highest BCUT2D eigenvalue weighted by Crippen LogP contribution is 2.24. The van der Waals surface area contributed by atoms with Crippen molar-refractivity contribution in [3.63, 3.8) is 0 Å². The maximum Gasteiger partial charge on any atom is 0.0403 e. The first-order valence-electron chi connectivity index (χ1n) is 4.70. The Bertz CT molecular complexity index is 253. The Morgan fingerprint density at radius 1 is 1.25 bits per heavy atom. The predicted molar refractivity (Wildman–Crippen MR) is 54.7 cm³/mol. The standard InChI is InChI=1S/C9H11N.C2H6/c1-7-3-2-4-8-5-6-10-9(7)8;1-2/h2-4,10H,5-6H2,1H3;1-2H3. The van der Waals surface area contributed by atoms with E-state index in [-0.39, 0.29) is 0 Å². The minimum Gasteiger partial charge on any atom is -0.384 e. The van der Waals surface area contributed by atoms with Crippen molar-refractivity contribution in [2.75, 3.05) is 11.9 Å². The highest BCUT2D eigenvalue weighted by atomic mass is 14.9. The molecule has 1 nitrogen and oxygen atoms in total. The van der Waals surface area contributed by atoms with Crippen LogP contribution in [0.1, 0.15) is 25.0 Å². The highest BCUT2D eigenvalue weighted by molar-refractivity contribution is 5.60. The van der Waals surface area contributed by atoms with Crippen LogP contribution in [0, 0.1) is 6.92 Å². The quantitative estimate of drug-likeness (QED) is 0.620. The van der Waals surface area contributed by atoms with Gasteiger partial charge in [0, 0.05) is 12.2 Å². The first-order valence-corrected chi connectivity index (χ1v) is 4.70. The molecule has 1 aliphatic heterocycles. The Hall–Kier alpha value is -0.980. The van der Waals surface area contributed by atoms with Crippen LogP contribution < -0.4 is 5.32 Å². The van der Waals surface area contributed by atoms with E-state index in [4.69, 9.17) is 0 Å². The van der Waals surface area contributed by atoms with E-state index in [1.165, 1.54) is 23.2 Å². The van der Waals surface area contributed by atoms with Gasteiger partial charge in [-0.25, -0.2) is 0 Å². The van der Waals surface area contributed by atoms with E-state index in [0.717, 1.165) is 6.54 Å². The molecule has 0 atom stereocenters. The number of anilines is 1. The van der Waals surface area contributed by atoms with Crippen LogP contribution in [0.4, 0.5) is 5.69 Å². The summed E-state index contributed by atoms with van der Waals surface area (Å²) in [5, 5.41) is 3.37. The fourth-order valence-corrected chi connectivity index (χ4v) is 1.51. The lowest BCUT2D eigenvalue weighted by Crippen LogP contribution is -1.92. The molecular weight excluding hydrogens is 146 g/mol. The molecule has 2 rings (SSSR count). The summed E-state index contributed by atoms with van der Waals surface area (Å²) in [7, 11) is 0. The summed E-state index contributed by atoms with van der Waals surface area (Å²) in [6.07, 6.45) is 1.19. The number of benzene rings is 1. The van der Waals surface area contributed by atoms with Crippen molar-refractivity contribution in [2.45, 2.75) is 27.2 Å². The largest absolute Gasteiger partial charge is 0.384 e. The van der Waals surface area contributed by atoms with E-state index < -0.39 is 0 Å². The molecule has 1 aliphatic rings. The molecule has 0 bridgehead atoms. The number of rotatable bonds is 0. The molecule has 1 heteroatoms. The van der Waals surface area contributed by atoms with Crippen molar-refractivity contribution in [3.05, 3.63) is 29.3 Å². The van der Waals surface area contributed by atoms with Gasteiger partial charge in [0.25, 0.3) is 0 Å². The van der Waals surface area contributed by atoms with Gasteiger partial charge < -0.3 is 5.32 Å². The van der Waals surface area contributed by atoms with Crippen LogP contribution in [0.2, 0.25) is 0 Å². The lowest BCUT2D eigenvalue weighted by atomic mass is 10.1. The third kappa shape index (κ3) is 1.60. The number of nitrogens with one attached hydrogen (secondary N) is 1. The molecular formula is C11H17N. The lowest BCUT2D eigenvalue weighted by molar-refractivity contribution is 1.11. The molecule has 66 valence electrons. The van der Waals surface area contributed by atoms with Gasteiger partial charge in [0.05, 0.1) is 0 Å². The van der Waals surface area contributed by atoms with Crippen molar-refractivity contribution >= 4 is 5.69 Å². The van der Waals surface area contributed by atoms with Crippen LogP contribution in [-0.4, -0.2) is 6.54 Å². The highest BCUT2D eigenvalue weighted by Gasteiger charge is 2.09. The van der Waals surface area contributed by atoms with Crippen LogP contribution in [0.3, 0.4) is 0 Å². The number of fused-ring (bicyclic) bond motifs is 1. The van der Waals surface area contributed by atoms with Crippen molar-refractivity contribution < 1.29 is 0 Å². The molecule has 1 N–H and O–H groups in total. The molecule has 1 heterocycles. The molecule has 0 spiro atoms. The topological polar surface area (TPSA) is 12.0 Å². The monoisotopic (exact) mass is 163 g/mol. The molecule has 0 saturated carbocycles. The number of para-hydroxylation sites is 1. The number of hydrogen-bond donors (Lipinski definition) is 1. The number of aryl methyl sites for hydroxylation is 1. The molecule has 0 radical (unpaired) electrons. The zero-order valence-corrected chi connectivity index (χ0v) is 8.15. The first-order chi connectivity index (χ1) is 5.88. The van der Waals surface area contributed by atoms with Crippen molar-refractivity contribution in [3.8, 4) is 0 Å². The van der Waals surface area contributed by atoms with Gasteiger partial charge >= 0.3 is 0 Å². The van der Waals surface area contributed by atoms with E-state index in [0.29, 0.717) is 0 Å².